The minimum absolute atomic E-state index is 0.0985. The molecule has 4 aromatic heterocycles. The van der Waals surface area contributed by atoms with E-state index in [-0.39, 0.29) is 29.1 Å². The van der Waals surface area contributed by atoms with E-state index in [0.29, 0.717) is 39.7 Å². The number of anilines is 1. The molecule has 0 unspecified atom stereocenters. The third kappa shape index (κ3) is 4.15. The molecule has 198 valence electrons. The summed E-state index contributed by atoms with van der Waals surface area (Å²) in [7, 11) is 0. The van der Waals surface area contributed by atoms with Crippen LogP contribution >= 0.6 is 0 Å². The van der Waals surface area contributed by atoms with Gasteiger partial charge >= 0.3 is 0 Å². The molecule has 0 radical (unpaired) electrons. The van der Waals surface area contributed by atoms with Gasteiger partial charge in [-0.3, -0.25) is 9.36 Å². The standard InChI is InChI=1S/C30H24FN7O2/c1-16-25(17(2)40-37-16)22-11-12-23-30(35-22)38(29(36-23)20-9-6-14-34-27(20)32)24-13-10-19(28(33)39)21(26(24)31)15-18-7-4-3-5-8-18/h3-14H,15H2,1-2H3,(H2,32,34)(H2,33,39). The van der Waals surface area contributed by atoms with Gasteiger partial charge in [-0.2, -0.15) is 0 Å². The molecule has 4 heterocycles. The van der Waals surface area contributed by atoms with E-state index in [0.717, 1.165) is 11.1 Å². The van der Waals surface area contributed by atoms with Crippen molar-refractivity contribution in [3.8, 4) is 28.3 Å². The lowest BCUT2D eigenvalue weighted by Crippen LogP contribution is -2.17. The molecule has 40 heavy (non-hydrogen) atoms. The first kappa shape index (κ1) is 24.9. The van der Waals surface area contributed by atoms with Crippen LogP contribution in [-0.2, 0) is 6.42 Å². The minimum atomic E-state index is -0.720. The van der Waals surface area contributed by atoms with Gasteiger partial charge in [-0.25, -0.2) is 19.3 Å². The number of imidazole rings is 1. The maximum absolute atomic E-state index is 16.6. The zero-order chi connectivity index (χ0) is 28.0. The number of carbonyl (C=O) groups is 1. The Morgan fingerprint density at radius 3 is 2.50 bits per heavy atom. The third-order valence-electron chi connectivity index (χ3n) is 6.83. The summed E-state index contributed by atoms with van der Waals surface area (Å²) in [5.41, 5.74) is 16.5. The van der Waals surface area contributed by atoms with Crippen molar-refractivity contribution in [1.82, 2.24) is 24.7 Å². The number of rotatable bonds is 6. The molecule has 0 saturated heterocycles. The normalized spacial score (nSPS) is 11.3. The zero-order valence-electron chi connectivity index (χ0n) is 21.7. The second-order valence-electron chi connectivity index (χ2n) is 9.40. The number of nitrogens with two attached hydrogens (primary N) is 2. The second-order valence-corrected chi connectivity index (χ2v) is 9.40. The molecule has 0 bridgehead atoms. The van der Waals surface area contributed by atoms with Gasteiger partial charge in [0.2, 0.25) is 5.91 Å². The summed E-state index contributed by atoms with van der Waals surface area (Å²) in [5, 5.41) is 4.04. The second kappa shape index (κ2) is 9.73. The summed E-state index contributed by atoms with van der Waals surface area (Å²) in [6, 6.07) is 19.4. The van der Waals surface area contributed by atoms with Crippen molar-refractivity contribution in [2.45, 2.75) is 20.3 Å². The fourth-order valence-electron chi connectivity index (χ4n) is 4.95. The average molecular weight is 534 g/mol. The Labute approximate surface area is 228 Å². The van der Waals surface area contributed by atoms with Gasteiger partial charge in [-0.15, -0.1) is 0 Å². The molecular weight excluding hydrogens is 509 g/mol. The van der Waals surface area contributed by atoms with E-state index in [1.165, 1.54) is 12.1 Å². The van der Waals surface area contributed by atoms with Gasteiger partial charge in [0.1, 0.15) is 17.1 Å². The fraction of sp³-hybridized carbons (Fsp3) is 0.100. The number of pyridine rings is 2. The van der Waals surface area contributed by atoms with Crippen LogP contribution in [0.3, 0.4) is 0 Å². The number of fused-ring (bicyclic) bond motifs is 1. The summed E-state index contributed by atoms with van der Waals surface area (Å²) >= 11 is 0. The SMILES string of the molecule is Cc1noc(C)c1-c1ccc2nc(-c3cccnc3N)n(-c3ccc(C(N)=O)c(Cc4ccccc4)c3F)c2n1. The Bertz CT molecular complexity index is 1890. The molecule has 0 aliphatic heterocycles. The number of primary amides is 1. The molecule has 0 aliphatic rings. The molecular formula is C30H24FN7O2. The molecule has 6 aromatic rings. The number of amides is 1. The molecule has 0 spiro atoms. The summed E-state index contributed by atoms with van der Waals surface area (Å²) < 4.78 is 23.6. The number of aryl methyl sites for hydroxylation is 2. The van der Waals surface area contributed by atoms with Crippen LogP contribution < -0.4 is 11.5 Å². The summed E-state index contributed by atoms with van der Waals surface area (Å²) in [4.78, 5) is 26.2. The number of aromatic nitrogens is 5. The molecule has 1 amide bonds. The van der Waals surface area contributed by atoms with Crippen LogP contribution in [0.15, 0.2) is 77.4 Å². The van der Waals surface area contributed by atoms with Crippen molar-refractivity contribution in [3.63, 3.8) is 0 Å². The molecule has 10 heteroatoms. The van der Waals surface area contributed by atoms with Crippen LogP contribution in [0.2, 0.25) is 0 Å². The zero-order valence-corrected chi connectivity index (χ0v) is 21.7. The van der Waals surface area contributed by atoms with Gasteiger partial charge in [0, 0.05) is 23.7 Å². The van der Waals surface area contributed by atoms with E-state index in [1.807, 2.05) is 43.3 Å². The number of hydrogen-bond donors (Lipinski definition) is 2. The lowest BCUT2D eigenvalue weighted by molar-refractivity contribution is 0.0999. The van der Waals surface area contributed by atoms with E-state index in [2.05, 4.69) is 10.1 Å². The van der Waals surface area contributed by atoms with Crippen LogP contribution in [0, 0.1) is 19.7 Å². The van der Waals surface area contributed by atoms with E-state index >= 15 is 4.39 Å². The van der Waals surface area contributed by atoms with E-state index in [9.17, 15) is 4.79 Å². The number of benzene rings is 2. The third-order valence-corrected chi connectivity index (χ3v) is 6.83. The van der Waals surface area contributed by atoms with Crippen molar-refractivity contribution in [2.24, 2.45) is 5.73 Å². The van der Waals surface area contributed by atoms with Crippen LogP contribution in [-0.4, -0.2) is 30.6 Å². The van der Waals surface area contributed by atoms with Gasteiger partial charge in [-0.1, -0.05) is 35.5 Å². The molecule has 4 N–H and O–H groups in total. The van der Waals surface area contributed by atoms with Crippen molar-refractivity contribution in [2.75, 3.05) is 5.73 Å². The maximum Gasteiger partial charge on any atom is 0.249 e. The molecule has 2 aromatic carbocycles. The Morgan fingerprint density at radius 2 is 1.80 bits per heavy atom. The highest BCUT2D eigenvalue weighted by atomic mass is 19.1. The molecule has 6 rings (SSSR count). The Morgan fingerprint density at radius 1 is 1.00 bits per heavy atom. The van der Waals surface area contributed by atoms with Crippen molar-refractivity contribution in [1.29, 1.82) is 0 Å². The predicted octanol–water partition coefficient (Wildman–Crippen LogP) is 5.17. The summed E-state index contributed by atoms with van der Waals surface area (Å²) in [5.74, 6) is -0.159. The van der Waals surface area contributed by atoms with Crippen LogP contribution in [0.4, 0.5) is 10.2 Å². The molecule has 0 atom stereocenters. The van der Waals surface area contributed by atoms with Gasteiger partial charge < -0.3 is 16.0 Å². The average Bonchev–Trinajstić information content (AvgIpc) is 3.49. The first-order chi connectivity index (χ1) is 19.3. The number of carbonyl (C=O) groups excluding carboxylic acids is 1. The summed E-state index contributed by atoms with van der Waals surface area (Å²) in [6.07, 6.45) is 1.73. The lowest BCUT2D eigenvalue weighted by atomic mass is 9.97. The maximum atomic E-state index is 16.6. The number of hydrogen-bond acceptors (Lipinski definition) is 7. The molecule has 9 nitrogen and oxygen atoms in total. The highest BCUT2D eigenvalue weighted by Gasteiger charge is 2.25. The highest BCUT2D eigenvalue weighted by molar-refractivity contribution is 5.95. The lowest BCUT2D eigenvalue weighted by Gasteiger charge is -2.16. The topological polar surface area (TPSA) is 139 Å². The number of nitrogens with zero attached hydrogens (tertiary/aromatic N) is 5. The number of nitrogen functional groups attached to an aromatic ring is 1. The van der Waals surface area contributed by atoms with Crippen molar-refractivity contribution in [3.05, 3.63) is 107 Å². The highest BCUT2D eigenvalue weighted by Crippen LogP contribution is 2.35. The van der Waals surface area contributed by atoms with Gasteiger partial charge in [-0.05, 0) is 55.8 Å². The summed E-state index contributed by atoms with van der Waals surface area (Å²) in [6.45, 7) is 3.63. The van der Waals surface area contributed by atoms with Gasteiger partial charge in [0.05, 0.1) is 28.2 Å². The van der Waals surface area contributed by atoms with Crippen LogP contribution in [0.1, 0.15) is 32.9 Å². The molecule has 0 aliphatic carbocycles. The number of halogens is 1. The van der Waals surface area contributed by atoms with Gasteiger partial charge in [0.15, 0.2) is 17.3 Å². The quantitative estimate of drug-likeness (QED) is 0.301. The largest absolute Gasteiger partial charge is 0.383 e. The van der Waals surface area contributed by atoms with Crippen LogP contribution in [0.25, 0.3) is 39.5 Å². The first-order valence-electron chi connectivity index (χ1n) is 12.5. The smallest absolute Gasteiger partial charge is 0.249 e. The van der Waals surface area contributed by atoms with E-state index < -0.39 is 11.7 Å². The Kier molecular flexibility index (Phi) is 6.07. The Balaban J connectivity index is 1.66. The van der Waals surface area contributed by atoms with Gasteiger partial charge in [0.25, 0.3) is 0 Å². The van der Waals surface area contributed by atoms with Crippen molar-refractivity contribution >= 4 is 22.9 Å². The monoisotopic (exact) mass is 533 g/mol. The van der Waals surface area contributed by atoms with Crippen molar-refractivity contribution < 1.29 is 13.7 Å². The molecule has 0 saturated carbocycles. The van der Waals surface area contributed by atoms with Crippen LogP contribution in [0.5, 0.6) is 0 Å². The predicted molar refractivity (Wildman–Crippen MR) is 149 cm³/mol. The first-order valence-corrected chi connectivity index (χ1v) is 12.5. The minimum Gasteiger partial charge on any atom is -0.383 e. The van der Waals surface area contributed by atoms with E-state index in [1.54, 1.807) is 35.9 Å². The fourth-order valence-corrected chi connectivity index (χ4v) is 4.95. The van der Waals surface area contributed by atoms with E-state index in [4.69, 9.17) is 26.0 Å². The Hall–Kier alpha value is -5.38. The molecule has 0 fully saturated rings.